The van der Waals surface area contributed by atoms with Gasteiger partial charge in [-0.3, -0.25) is 4.79 Å². The van der Waals surface area contributed by atoms with Crippen LogP contribution in [0.25, 0.3) is 22.5 Å². The van der Waals surface area contributed by atoms with Gasteiger partial charge in [0.05, 0.1) is 17.5 Å². The van der Waals surface area contributed by atoms with Gasteiger partial charge >= 0.3 is 0 Å². The van der Waals surface area contributed by atoms with Crippen LogP contribution >= 0.6 is 0 Å². The van der Waals surface area contributed by atoms with Gasteiger partial charge in [0.15, 0.2) is 6.61 Å². The first-order valence-electron chi connectivity index (χ1n) is 10.1. The molecule has 1 unspecified atom stereocenters. The molecule has 8 nitrogen and oxygen atoms in total. The van der Waals surface area contributed by atoms with Crippen molar-refractivity contribution in [2.75, 3.05) is 25.5 Å². The van der Waals surface area contributed by atoms with E-state index >= 15 is 0 Å². The second kappa shape index (κ2) is 9.32. The van der Waals surface area contributed by atoms with Crippen molar-refractivity contribution < 1.29 is 14.3 Å². The first kappa shape index (κ1) is 20.4. The average molecular weight is 417 g/mol. The first-order chi connectivity index (χ1) is 15.1. The topological polar surface area (TPSA) is 126 Å². The van der Waals surface area contributed by atoms with Crippen LogP contribution in [0, 0.1) is 11.3 Å². The van der Waals surface area contributed by atoms with Crippen molar-refractivity contribution in [3.63, 3.8) is 0 Å². The number of pyridine rings is 1. The Bertz CT molecular complexity index is 1080. The Morgan fingerprint density at radius 2 is 2.19 bits per heavy atom. The molecule has 1 aliphatic heterocycles. The number of aromatic nitrogens is 2. The molecule has 0 saturated carbocycles. The van der Waals surface area contributed by atoms with E-state index in [-0.39, 0.29) is 24.4 Å². The number of amides is 1. The number of ether oxygens (including phenoxy) is 2. The molecule has 1 atom stereocenters. The minimum atomic E-state index is -0.191. The zero-order valence-corrected chi connectivity index (χ0v) is 16.9. The summed E-state index contributed by atoms with van der Waals surface area (Å²) in [5.41, 5.74) is 9.30. The molecule has 8 heteroatoms. The molecule has 1 saturated heterocycles. The number of nitrogen functional groups attached to an aromatic ring is 1. The zero-order chi connectivity index (χ0) is 21.6. The van der Waals surface area contributed by atoms with Gasteiger partial charge in [-0.2, -0.15) is 5.26 Å². The first-order valence-corrected chi connectivity index (χ1v) is 10.1. The summed E-state index contributed by atoms with van der Waals surface area (Å²) in [6.45, 7) is 1.19. The van der Waals surface area contributed by atoms with Crippen LogP contribution in [0.15, 0.2) is 48.7 Å². The Morgan fingerprint density at radius 3 is 2.87 bits per heavy atom. The van der Waals surface area contributed by atoms with Crippen LogP contribution < -0.4 is 15.8 Å². The lowest BCUT2D eigenvalue weighted by atomic mass is 9.99. The molecule has 2 aromatic heterocycles. The molecule has 4 rings (SSSR count). The Morgan fingerprint density at radius 1 is 1.35 bits per heavy atom. The smallest absolute Gasteiger partial charge is 0.258 e. The number of rotatable bonds is 7. The van der Waals surface area contributed by atoms with Crippen LogP contribution in [0.1, 0.15) is 18.4 Å². The van der Waals surface area contributed by atoms with Gasteiger partial charge in [-0.05, 0) is 48.7 Å². The zero-order valence-electron chi connectivity index (χ0n) is 16.9. The summed E-state index contributed by atoms with van der Waals surface area (Å²) in [4.78, 5) is 19.4. The number of carbonyl (C=O) groups excluding carboxylic acids is 1. The lowest BCUT2D eigenvalue weighted by molar-refractivity contribution is -0.123. The van der Waals surface area contributed by atoms with E-state index in [1.54, 1.807) is 18.3 Å². The van der Waals surface area contributed by atoms with Crippen molar-refractivity contribution in [2.45, 2.75) is 18.9 Å². The number of hydrogen-bond donors (Lipinski definition) is 3. The highest BCUT2D eigenvalue weighted by Gasteiger charge is 2.17. The molecular weight excluding hydrogens is 394 g/mol. The summed E-state index contributed by atoms with van der Waals surface area (Å²) in [5.74, 6) is 0.540. The number of anilines is 1. The van der Waals surface area contributed by atoms with Gasteiger partial charge in [0, 0.05) is 24.9 Å². The summed E-state index contributed by atoms with van der Waals surface area (Å²) >= 11 is 0. The predicted octanol–water partition coefficient (Wildman–Crippen LogP) is 2.87. The second-order valence-electron chi connectivity index (χ2n) is 7.26. The summed E-state index contributed by atoms with van der Waals surface area (Å²) < 4.78 is 11.1. The van der Waals surface area contributed by atoms with Crippen molar-refractivity contribution in [2.24, 2.45) is 0 Å². The highest BCUT2D eigenvalue weighted by Crippen LogP contribution is 2.31. The number of aromatic amines is 1. The van der Waals surface area contributed by atoms with E-state index in [0.29, 0.717) is 29.1 Å². The van der Waals surface area contributed by atoms with Gasteiger partial charge in [-0.1, -0.05) is 12.1 Å². The number of hydrogen-bond acceptors (Lipinski definition) is 6. The van der Waals surface area contributed by atoms with E-state index in [0.717, 1.165) is 30.7 Å². The molecule has 0 aliphatic carbocycles. The van der Waals surface area contributed by atoms with Crippen LogP contribution in [0.3, 0.4) is 0 Å². The van der Waals surface area contributed by atoms with Crippen molar-refractivity contribution >= 4 is 11.7 Å². The Hall–Kier alpha value is -3.83. The van der Waals surface area contributed by atoms with Crippen molar-refractivity contribution in [3.8, 4) is 34.3 Å². The van der Waals surface area contributed by atoms with Crippen LogP contribution in [0.5, 0.6) is 5.75 Å². The number of carbonyl (C=O) groups is 1. The molecule has 4 N–H and O–H groups in total. The molecule has 0 bridgehead atoms. The fraction of sp³-hybridized carbons (Fsp3) is 0.261. The molecule has 0 spiro atoms. The second-order valence-corrected chi connectivity index (χ2v) is 7.26. The van der Waals surface area contributed by atoms with Crippen molar-refractivity contribution in [1.82, 2.24) is 15.3 Å². The third kappa shape index (κ3) is 4.85. The monoisotopic (exact) mass is 417 g/mol. The van der Waals surface area contributed by atoms with E-state index in [1.165, 1.54) is 0 Å². The summed E-state index contributed by atoms with van der Waals surface area (Å²) in [6.07, 6.45) is 3.90. The maximum absolute atomic E-state index is 12.0. The third-order valence-electron chi connectivity index (χ3n) is 5.12. The number of nitrogens with one attached hydrogen (secondary N) is 2. The third-order valence-corrected chi connectivity index (χ3v) is 5.12. The van der Waals surface area contributed by atoms with Gasteiger partial charge in [0.2, 0.25) is 0 Å². The summed E-state index contributed by atoms with van der Waals surface area (Å²) in [5, 5.41) is 12.4. The maximum atomic E-state index is 12.0. The van der Waals surface area contributed by atoms with Gasteiger partial charge in [0.1, 0.15) is 23.2 Å². The molecule has 3 heterocycles. The molecule has 1 aromatic carbocycles. The number of nitrogens with zero attached hydrogens (tertiary/aromatic N) is 2. The molecule has 31 heavy (non-hydrogen) atoms. The molecule has 1 fully saturated rings. The summed E-state index contributed by atoms with van der Waals surface area (Å²) in [7, 11) is 0. The van der Waals surface area contributed by atoms with Crippen molar-refractivity contribution in [1.29, 1.82) is 5.26 Å². The Kier molecular flexibility index (Phi) is 6.15. The predicted molar refractivity (Wildman–Crippen MR) is 116 cm³/mol. The normalized spacial score (nSPS) is 15.4. The van der Waals surface area contributed by atoms with E-state index < -0.39 is 0 Å². The molecule has 158 valence electrons. The number of benzene rings is 1. The van der Waals surface area contributed by atoms with Crippen LogP contribution in [0.4, 0.5) is 5.82 Å². The molecule has 1 aliphatic rings. The fourth-order valence-corrected chi connectivity index (χ4v) is 3.50. The van der Waals surface area contributed by atoms with Gasteiger partial charge < -0.3 is 25.5 Å². The molecule has 3 aromatic rings. The highest BCUT2D eigenvalue weighted by atomic mass is 16.5. The van der Waals surface area contributed by atoms with Crippen LogP contribution in [0.2, 0.25) is 0 Å². The van der Waals surface area contributed by atoms with Gasteiger partial charge in [-0.25, -0.2) is 4.98 Å². The minimum absolute atomic E-state index is 0.0747. The highest BCUT2D eigenvalue weighted by molar-refractivity contribution is 5.80. The van der Waals surface area contributed by atoms with Gasteiger partial charge in [-0.15, -0.1) is 0 Å². The average Bonchev–Trinajstić information content (AvgIpc) is 3.50. The van der Waals surface area contributed by atoms with E-state index in [4.69, 9.17) is 15.2 Å². The number of H-pyrrole nitrogens is 1. The minimum Gasteiger partial charge on any atom is -0.484 e. The molecule has 1 amide bonds. The summed E-state index contributed by atoms with van der Waals surface area (Å²) in [6, 6.07) is 14.9. The largest absolute Gasteiger partial charge is 0.484 e. The molecule has 0 radical (unpaired) electrons. The van der Waals surface area contributed by atoms with Crippen molar-refractivity contribution in [3.05, 3.63) is 54.2 Å². The Labute approximate surface area is 180 Å². The molecular formula is C23H23N5O3. The standard InChI is InChI=1S/C23H23N5O3/c24-12-19-18(11-21(28-23(19)25)20-4-1-9-26-20)15-5-7-16(8-6-15)31-14-22(29)27-13-17-3-2-10-30-17/h1,4-9,11,17,26H,2-3,10,13-14H2,(H2,25,28)(H,27,29). The SMILES string of the molecule is N#Cc1c(-c2ccc(OCC(=O)NCC3CCCO3)cc2)cc(-c2ccc[nH]2)nc1N. The Balaban J connectivity index is 1.44. The quantitative estimate of drug-likeness (QED) is 0.543. The van der Waals surface area contributed by atoms with E-state index in [2.05, 4.69) is 21.4 Å². The lowest BCUT2D eigenvalue weighted by Crippen LogP contribution is -2.35. The van der Waals surface area contributed by atoms with E-state index in [9.17, 15) is 10.1 Å². The van der Waals surface area contributed by atoms with Crippen LogP contribution in [-0.2, 0) is 9.53 Å². The van der Waals surface area contributed by atoms with Crippen LogP contribution in [-0.4, -0.2) is 41.7 Å². The number of nitrogens with two attached hydrogens (primary N) is 1. The fourth-order valence-electron chi connectivity index (χ4n) is 3.50. The van der Waals surface area contributed by atoms with Gasteiger partial charge in [0.25, 0.3) is 5.91 Å². The lowest BCUT2D eigenvalue weighted by Gasteiger charge is -2.12. The van der Waals surface area contributed by atoms with E-state index in [1.807, 2.05) is 30.3 Å². The maximum Gasteiger partial charge on any atom is 0.258 e. The number of nitriles is 1.